The minimum Gasteiger partial charge on any atom is -0.476 e. The molecule has 1 aliphatic heterocycles. The molecular formula is C15H16FN3O2. The highest BCUT2D eigenvalue weighted by Crippen LogP contribution is 2.35. The number of carboxylic acid groups (broad SMARTS) is 1. The highest BCUT2D eigenvalue weighted by molar-refractivity contribution is 5.88. The van der Waals surface area contributed by atoms with Gasteiger partial charge in [-0.3, -0.25) is 4.68 Å². The Balaban J connectivity index is 2.15. The number of aryl methyl sites for hydroxylation is 1. The van der Waals surface area contributed by atoms with Crippen molar-refractivity contribution < 1.29 is 14.3 Å². The molecular weight excluding hydrogens is 273 g/mol. The van der Waals surface area contributed by atoms with Crippen molar-refractivity contribution >= 4 is 11.7 Å². The molecule has 0 radical (unpaired) electrons. The van der Waals surface area contributed by atoms with Crippen LogP contribution in [0.15, 0.2) is 24.3 Å². The van der Waals surface area contributed by atoms with E-state index in [0.717, 1.165) is 31.6 Å². The average molecular weight is 289 g/mol. The first-order valence-electron chi connectivity index (χ1n) is 6.89. The van der Waals surface area contributed by atoms with Crippen molar-refractivity contribution in [3.05, 3.63) is 35.8 Å². The first-order valence-corrected chi connectivity index (χ1v) is 6.89. The van der Waals surface area contributed by atoms with Crippen LogP contribution in [0.1, 0.15) is 23.3 Å². The zero-order chi connectivity index (χ0) is 15.0. The Morgan fingerprint density at radius 1 is 1.33 bits per heavy atom. The van der Waals surface area contributed by atoms with Gasteiger partial charge in [0.2, 0.25) is 0 Å². The maximum Gasteiger partial charge on any atom is 0.356 e. The fraction of sp³-hybridized carbons (Fsp3) is 0.333. The number of carboxylic acids is 1. The molecule has 0 spiro atoms. The van der Waals surface area contributed by atoms with Gasteiger partial charge in [-0.05, 0) is 31.0 Å². The van der Waals surface area contributed by atoms with E-state index in [1.807, 2.05) is 6.07 Å². The number of rotatable bonds is 3. The van der Waals surface area contributed by atoms with Gasteiger partial charge in [0.1, 0.15) is 5.82 Å². The molecule has 0 unspecified atom stereocenters. The van der Waals surface area contributed by atoms with Crippen LogP contribution in [0.2, 0.25) is 0 Å². The lowest BCUT2D eigenvalue weighted by molar-refractivity contribution is 0.0689. The molecule has 5 nitrogen and oxygen atoms in total. The van der Waals surface area contributed by atoms with Crippen LogP contribution in [-0.2, 0) is 7.05 Å². The number of nitrogens with zero attached hydrogens (tertiary/aromatic N) is 3. The molecule has 2 heterocycles. The zero-order valence-electron chi connectivity index (χ0n) is 11.7. The van der Waals surface area contributed by atoms with Gasteiger partial charge in [-0.1, -0.05) is 6.07 Å². The first-order chi connectivity index (χ1) is 10.1. The third kappa shape index (κ3) is 2.37. The third-order valence-corrected chi connectivity index (χ3v) is 3.79. The van der Waals surface area contributed by atoms with Crippen LogP contribution in [0.4, 0.5) is 10.1 Å². The summed E-state index contributed by atoms with van der Waals surface area (Å²) < 4.78 is 15.8. The van der Waals surface area contributed by atoms with E-state index in [-0.39, 0.29) is 11.5 Å². The molecule has 2 aromatic rings. The van der Waals surface area contributed by atoms with Gasteiger partial charge in [0.25, 0.3) is 0 Å². The lowest BCUT2D eigenvalue weighted by atomic mass is 10.1. The van der Waals surface area contributed by atoms with E-state index in [1.165, 1.54) is 16.8 Å². The quantitative estimate of drug-likeness (QED) is 0.943. The fourth-order valence-electron chi connectivity index (χ4n) is 2.79. The predicted molar refractivity (Wildman–Crippen MR) is 77.0 cm³/mol. The van der Waals surface area contributed by atoms with Crippen molar-refractivity contribution in [1.29, 1.82) is 0 Å². The Kier molecular flexibility index (Phi) is 3.37. The van der Waals surface area contributed by atoms with Gasteiger partial charge >= 0.3 is 5.97 Å². The zero-order valence-corrected chi connectivity index (χ0v) is 11.7. The Labute approximate surface area is 121 Å². The largest absolute Gasteiger partial charge is 0.476 e. The van der Waals surface area contributed by atoms with Crippen molar-refractivity contribution in [2.24, 2.45) is 7.05 Å². The summed E-state index contributed by atoms with van der Waals surface area (Å²) in [6.45, 7) is 1.78. The monoisotopic (exact) mass is 289 g/mol. The molecule has 1 fully saturated rings. The molecule has 1 N–H and O–H groups in total. The van der Waals surface area contributed by atoms with E-state index >= 15 is 0 Å². The Hall–Kier alpha value is -2.37. The minimum absolute atomic E-state index is 0.0804. The number of anilines is 1. The van der Waals surface area contributed by atoms with Crippen molar-refractivity contribution in [3.63, 3.8) is 0 Å². The summed E-state index contributed by atoms with van der Waals surface area (Å²) in [5, 5.41) is 13.0. The smallest absolute Gasteiger partial charge is 0.356 e. The van der Waals surface area contributed by atoms with Crippen LogP contribution >= 0.6 is 0 Å². The number of aromatic carboxylic acids is 1. The van der Waals surface area contributed by atoms with Crippen LogP contribution in [0, 0.1) is 5.82 Å². The van der Waals surface area contributed by atoms with E-state index in [2.05, 4.69) is 10.00 Å². The summed E-state index contributed by atoms with van der Waals surface area (Å²) in [5.41, 5.74) is 1.62. The lowest BCUT2D eigenvalue weighted by Crippen LogP contribution is -2.19. The Morgan fingerprint density at radius 3 is 2.67 bits per heavy atom. The summed E-state index contributed by atoms with van der Waals surface area (Å²) in [6, 6.07) is 6.36. The molecule has 1 aliphatic rings. The summed E-state index contributed by atoms with van der Waals surface area (Å²) in [6.07, 6.45) is 2.17. The van der Waals surface area contributed by atoms with Crippen molar-refractivity contribution in [3.8, 4) is 11.3 Å². The van der Waals surface area contributed by atoms with Gasteiger partial charge in [0, 0.05) is 25.8 Å². The normalized spacial score (nSPS) is 14.7. The molecule has 0 saturated carbocycles. The van der Waals surface area contributed by atoms with Crippen molar-refractivity contribution in [2.45, 2.75) is 12.8 Å². The van der Waals surface area contributed by atoms with E-state index in [9.17, 15) is 9.18 Å². The van der Waals surface area contributed by atoms with Crippen LogP contribution in [-0.4, -0.2) is 33.9 Å². The maximum absolute atomic E-state index is 14.4. The third-order valence-electron chi connectivity index (χ3n) is 3.79. The lowest BCUT2D eigenvalue weighted by Gasteiger charge is -2.21. The fourth-order valence-corrected chi connectivity index (χ4v) is 2.79. The van der Waals surface area contributed by atoms with Gasteiger partial charge in [-0.2, -0.15) is 5.10 Å². The predicted octanol–water partition coefficient (Wildman–Crippen LogP) is 2.52. The number of hydrogen-bond donors (Lipinski definition) is 1. The van der Waals surface area contributed by atoms with Gasteiger partial charge in [-0.15, -0.1) is 0 Å². The second kappa shape index (κ2) is 5.20. The van der Waals surface area contributed by atoms with Crippen LogP contribution < -0.4 is 4.90 Å². The van der Waals surface area contributed by atoms with Crippen molar-refractivity contribution in [1.82, 2.24) is 9.78 Å². The van der Waals surface area contributed by atoms with E-state index < -0.39 is 5.97 Å². The second-order valence-corrected chi connectivity index (χ2v) is 5.17. The van der Waals surface area contributed by atoms with Gasteiger partial charge < -0.3 is 10.0 Å². The summed E-state index contributed by atoms with van der Waals surface area (Å²) in [4.78, 5) is 13.2. The van der Waals surface area contributed by atoms with Crippen LogP contribution in [0.25, 0.3) is 11.3 Å². The molecule has 6 heteroatoms. The van der Waals surface area contributed by atoms with Crippen molar-refractivity contribution in [2.75, 3.05) is 18.0 Å². The van der Waals surface area contributed by atoms with E-state index in [1.54, 1.807) is 13.1 Å². The molecule has 21 heavy (non-hydrogen) atoms. The second-order valence-electron chi connectivity index (χ2n) is 5.17. The standard InChI is InChI=1S/C15H16FN3O2/c1-18-13(9-11(17-18)15(20)21)14-10(16)5-4-6-12(14)19-7-2-3-8-19/h4-6,9H,2-3,7-8H2,1H3,(H,20,21). The number of benzene rings is 1. The molecule has 1 saturated heterocycles. The minimum atomic E-state index is -1.11. The molecule has 3 rings (SSSR count). The molecule has 0 aliphatic carbocycles. The Morgan fingerprint density at radius 2 is 2.05 bits per heavy atom. The maximum atomic E-state index is 14.4. The van der Waals surface area contributed by atoms with Crippen LogP contribution in [0.5, 0.6) is 0 Å². The summed E-state index contributed by atoms with van der Waals surface area (Å²) >= 11 is 0. The first kappa shape index (κ1) is 13.6. The van der Waals surface area contributed by atoms with Gasteiger partial charge in [0.05, 0.1) is 11.3 Å². The molecule has 0 amide bonds. The number of carbonyl (C=O) groups is 1. The SMILES string of the molecule is Cn1nc(C(=O)O)cc1-c1c(F)cccc1N1CCCC1. The summed E-state index contributed by atoms with van der Waals surface area (Å²) in [5.74, 6) is -1.48. The molecule has 110 valence electrons. The number of halogens is 1. The van der Waals surface area contributed by atoms with Crippen LogP contribution in [0.3, 0.4) is 0 Å². The summed E-state index contributed by atoms with van der Waals surface area (Å²) in [7, 11) is 1.63. The highest BCUT2D eigenvalue weighted by atomic mass is 19.1. The number of hydrogen-bond acceptors (Lipinski definition) is 3. The molecule has 0 atom stereocenters. The average Bonchev–Trinajstić information content (AvgIpc) is 3.08. The topological polar surface area (TPSA) is 58.4 Å². The number of aromatic nitrogens is 2. The van der Waals surface area contributed by atoms with Gasteiger partial charge in [-0.25, -0.2) is 9.18 Å². The molecule has 0 bridgehead atoms. The van der Waals surface area contributed by atoms with Gasteiger partial charge in [0.15, 0.2) is 5.69 Å². The Bertz CT molecular complexity index is 690. The van der Waals surface area contributed by atoms with E-state index in [4.69, 9.17) is 5.11 Å². The molecule has 1 aromatic heterocycles. The highest BCUT2D eigenvalue weighted by Gasteiger charge is 2.22. The van der Waals surface area contributed by atoms with E-state index in [0.29, 0.717) is 11.3 Å². The molecule has 1 aromatic carbocycles.